The van der Waals surface area contributed by atoms with E-state index in [1.807, 2.05) is 0 Å². The fourth-order valence-corrected chi connectivity index (χ4v) is 3.32. The fourth-order valence-electron chi connectivity index (χ4n) is 2.91. The van der Waals surface area contributed by atoms with Crippen LogP contribution in [0.15, 0.2) is 28.7 Å². The summed E-state index contributed by atoms with van der Waals surface area (Å²) in [7, 11) is 0. The minimum absolute atomic E-state index is 0.312. The van der Waals surface area contributed by atoms with E-state index in [2.05, 4.69) is 52.4 Å². The van der Waals surface area contributed by atoms with Gasteiger partial charge in [-0.05, 0) is 42.9 Å². The predicted octanol–water partition coefficient (Wildman–Crippen LogP) is 3.65. The summed E-state index contributed by atoms with van der Waals surface area (Å²) in [6.45, 7) is 2.52. The third-order valence-corrected chi connectivity index (χ3v) is 4.46. The van der Waals surface area contributed by atoms with Gasteiger partial charge in [-0.25, -0.2) is 0 Å². The van der Waals surface area contributed by atoms with Gasteiger partial charge in [-0.2, -0.15) is 0 Å². The van der Waals surface area contributed by atoms with Crippen molar-refractivity contribution in [3.8, 4) is 0 Å². The lowest BCUT2D eigenvalue weighted by atomic mass is 9.99. The Balaban J connectivity index is 2.05. The highest BCUT2D eigenvalue weighted by Gasteiger charge is 2.28. The van der Waals surface area contributed by atoms with Gasteiger partial charge in [0.2, 0.25) is 0 Å². The second kappa shape index (κ2) is 6.69. The van der Waals surface area contributed by atoms with Crippen LogP contribution in [0.1, 0.15) is 44.2 Å². The van der Waals surface area contributed by atoms with Crippen LogP contribution in [0.2, 0.25) is 0 Å². The number of halogens is 1. The lowest BCUT2D eigenvalue weighted by molar-refractivity contribution is 0.198. The number of hydrogen-bond donors (Lipinski definition) is 2. The van der Waals surface area contributed by atoms with E-state index in [1.54, 1.807) is 0 Å². The normalized spacial score (nSPS) is 25.3. The SMILES string of the molecule is CCC(NC1CCCC1CO)c1cccc(Br)c1. The molecular weight excluding hydrogens is 290 g/mol. The number of hydrogen-bond acceptors (Lipinski definition) is 2. The van der Waals surface area contributed by atoms with Crippen LogP contribution in [-0.2, 0) is 0 Å². The summed E-state index contributed by atoms with van der Waals surface area (Å²) in [5.74, 6) is 0.436. The molecule has 0 heterocycles. The fraction of sp³-hybridized carbons (Fsp3) is 0.600. The third kappa shape index (κ3) is 3.34. The molecule has 0 spiro atoms. The quantitative estimate of drug-likeness (QED) is 0.870. The largest absolute Gasteiger partial charge is 0.396 e. The van der Waals surface area contributed by atoms with E-state index in [9.17, 15) is 5.11 Å². The molecule has 0 aromatic heterocycles. The average Bonchev–Trinajstić information content (AvgIpc) is 2.83. The van der Waals surface area contributed by atoms with Crippen molar-refractivity contribution in [2.75, 3.05) is 6.61 Å². The van der Waals surface area contributed by atoms with E-state index < -0.39 is 0 Å². The Kier molecular flexibility index (Phi) is 5.22. The molecule has 1 saturated carbocycles. The van der Waals surface area contributed by atoms with Crippen LogP contribution in [-0.4, -0.2) is 17.8 Å². The maximum absolute atomic E-state index is 9.39. The van der Waals surface area contributed by atoms with Gasteiger partial charge in [0.05, 0.1) is 0 Å². The summed E-state index contributed by atoms with van der Waals surface area (Å²) in [5.41, 5.74) is 1.33. The van der Waals surface area contributed by atoms with Crippen molar-refractivity contribution < 1.29 is 5.11 Å². The Hall–Kier alpha value is -0.380. The second-order valence-electron chi connectivity index (χ2n) is 5.16. The topological polar surface area (TPSA) is 32.3 Å². The van der Waals surface area contributed by atoms with Crippen molar-refractivity contribution in [2.45, 2.75) is 44.7 Å². The minimum Gasteiger partial charge on any atom is -0.396 e. The molecule has 1 aromatic carbocycles. The summed E-state index contributed by atoms with van der Waals surface area (Å²) in [5, 5.41) is 13.1. The summed E-state index contributed by atoms with van der Waals surface area (Å²) >= 11 is 3.53. The van der Waals surface area contributed by atoms with E-state index >= 15 is 0 Å². The molecule has 18 heavy (non-hydrogen) atoms. The van der Waals surface area contributed by atoms with Gasteiger partial charge in [0, 0.05) is 23.2 Å². The summed E-state index contributed by atoms with van der Waals surface area (Å²) in [6.07, 6.45) is 4.65. The Morgan fingerprint density at radius 1 is 1.44 bits per heavy atom. The van der Waals surface area contributed by atoms with Crippen LogP contribution < -0.4 is 5.32 Å². The molecule has 100 valence electrons. The van der Waals surface area contributed by atoms with Crippen molar-refractivity contribution >= 4 is 15.9 Å². The van der Waals surface area contributed by atoms with Crippen LogP contribution in [0.3, 0.4) is 0 Å². The van der Waals surface area contributed by atoms with Crippen molar-refractivity contribution in [3.05, 3.63) is 34.3 Å². The maximum atomic E-state index is 9.39. The highest BCUT2D eigenvalue weighted by Crippen LogP contribution is 2.29. The first kappa shape index (κ1) is 14.0. The minimum atomic E-state index is 0.312. The second-order valence-corrected chi connectivity index (χ2v) is 6.08. The lowest BCUT2D eigenvalue weighted by Crippen LogP contribution is -2.36. The van der Waals surface area contributed by atoms with Crippen LogP contribution in [0.4, 0.5) is 0 Å². The number of rotatable bonds is 5. The first-order valence-corrected chi connectivity index (χ1v) is 7.66. The van der Waals surface area contributed by atoms with Gasteiger partial charge < -0.3 is 10.4 Å². The van der Waals surface area contributed by atoms with E-state index in [0.29, 0.717) is 24.6 Å². The molecule has 0 bridgehead atoms. The molecule has 1 aliphatic carbocycles. The molecule has 3 heteroatoms. The van der Waals surface area contributed by atoms with Crippen molar-refractivity contribution in [1.82, 2.24) is 5.32 Å². The van der Waals surface area contributed by atoms with E-state index in [-0.39, 0.29) is 0 Å². The van der Waals surface area contributed by atoms with Gasteiger partial charge in [0.1, 0.15) is 0 Å². The molecule has 1 fully saturated rings. The first-order valence-electron chi connectivity index (χ1n) is 6.87. The zero-order chi connectivity index (χ0) is 13.0. The summed E-state index contributed by atoms with van der Waals surface area (Å²) in [6, 6.07) is 9.36. The van der Waals surface area contributed by atoms with Crippen molar-refractivity contribution in [2.24, 2.45) is 5.92 Å². The highest BCUT2D eigenvalue weighted by molar-refractivity contribution is 9.10. The van der Waals surface area contributed by atoms with E-state index in [1.165, 1.54) is 18.4 Å². The van der Waals surface area contributed by atoms with Gasteiger partial charge in [0.25, 0.3) is 0 Å². The Morgan fingerprint density at radius 3 is 2.94 bits per heavy atom. The Bertz CT molecular complexity index is 383. The molecule has 2 N–H and O–H groups in total. The standard InChI is InChI=1S/C15H22BrNO/c1-2-14(11-5-3-7-13(16)9-11)17-15-8-4-6-12(15)10-18/h3,5,7,9,12,14-15,17-18H,2,4,6,8,10H2,1H3. The lowest BCUT2D eigenvalue weighted by Gasteiger charge is -2.26. The van der Waals surface area contributed by atoms with Crippen LogP contribution >= 0.6 is 15.9 Å². The molecule has 3 unspecified atom stereocenters. The van der Waals surface area contributed by atoms with Crippen molar-refractivity contribution in [1.29, 1.82) is 0 Å². The van der Waals surface area contributed by atoms with Crippen molar-refractivity contribution in [3.63, 3.8) is 0 Å². The van der Waals surface area contributed by atoms with Gasteiger partial charge in [-0.1, -0.05) is 41.4 Å². The average molecular weight is 312 g/mol. The number of nitrogens with one attached hydrogen (secondary N) is 1. The highest BCUT2D eigenvalue weighted by atomic mass is 79.9. The monoisotopic (exact) mass is 311 g/mol. The first-order chi connectivity index (χ1) is 8.74. The smallest absolute Gasteiger partial charge is 0.0474 e. The molecule has 0 amide bonds. The molecular formula is C15H22BrNO. The number of benzene rings is 1. The molecule has 1 aromatic rings. The zero-order valence-electron chi connectivity index (χ0n) is 10.9. The molecule has 1 aliphatic rings. The number of aliphatic hydroxyl groups excluding tert-OH is 1. The third-order valence-electron chi connectivity index (χ3n) is 3.97. The molecule has 3 atom stereocenters. The van der Waals surface area contributed by atoms with Crippen LogP contribution in [0, 0.1) is 5.92 Å². The molecule has 0 saturated heterocycles. The predicted molar refractivity (Wildman–Crippen MR) is 78.5 cm³/mol. The molecule has 0 radical (unpaired) electrons. The van der Waals surface area contributed by atoms with Gasteiger partial charge in [-0.3, -0.25) is 0 Å². The number of aliphatic hydroxyl groups is 1. The molecule has 2 nitrogen and oxygen atoms in total. The van der Waals surface area contributed by atoms with E-state index in [4.69, 9.17) is 0 Å². The van der Waals surface area contributed by atoms with Gasteiger partial charge >= 0.3 is 0 Å². The Morgan fingerprint density at radius 2 is 2.28 bits per heavy atom. The molecule has 2 rings (SSSR count). The maximum Gasteiger partial charge on any atom is 0.0474 e. The van der Waals surface area contributed by atoms with E-state index in [0.717, 1.165) is 17.3 Å². The van der Waals surface area contributed by atoms with Gasteiger partial charge in [0.15, 0.2) is 0 Å². The van der Waals surface area contributed by atoms with Gasteiger partial charge in [-0.15, -0.1) is 0 Å². The van der Waals surface area contributed by atoms with Crippen LogP contribution in [0.25, 0.3) is 0 Å². The Labute approximate surface area is 118 Å². The summed E-state index contributed by atoms with van der Waals surface area (Å²) < 4.78 is 1.13. The zero-order valence-corrected chi connectivity index (χ0v) is 12.5. The van der Waals surface area contributed by atoms with Crippen LogP contribution in [0.5, 0.6) is 0 Å². The molecule has 0 aliphatic heterocycles. The summed E-state index contributed by atoms with van der Waals surface area (Å²) in [4.78, 5) is 0.